The van der Waals surface area contributed by atoms with Crippen LogP contribution in [0.3, 0.4) is 0 Å². The molecule has 0 aliphatic carbocycles. The Morgan fingerprint density at radius 2 is 1.63 bits per heavy atom. The molecule has 0 spiro atoms. The number of carbonyl (C=O) groups is 2. The Labute approximate surface area is 157 Å². The Kier molecular flexibility index (Phi) is 6.05. The molecule has 3 aromatic carbocycles. The van der Waals surface area contributed by atoms with Gasteiger partial charge in [0.25, 0.3) is 5.91 Å². The van der Waals surface area contributed by atoms with Gasteiger partial charge in [-0.15, -0.1) is 0 Å². The van der Waals surface area contributed by atoms with Gasteiger partial charge in [0, 0.05) is 6.54 Å². The molecule has 3 rings (SSSR count). The molecule has 138 valence electrons. The maximum absolute atomic E-state index is 11.8. The lowest BCUT2D eigenvalue weighted by Crippen LogP contribution is -2.29. The lowest BCUT2D eigenvalue weighted by atomic mass is 10.1. The predicted molar refractivity (Wildman–Crippen MR) is 103 cm³/mol. The molecule has 27 heavy (non-hydrogen) atoms. The average Bonchev–Trinajstić information content (AvgIpc) is 2.70. The standard InChI is InChI=1S/C22H21NO4/c1-16-6-8-17(9-7-16)13-23-21(24)14-27-22(25)15-26-20-11-10-18-4-2-3-5-19(18)12-20/h2-12H,13-15H2,1H3,(H,23,24). The number of ether oxygens (including phenoxy) is 2. The van der Waals surface area contributed by atoms with Crippen molar-refractivity contribution in [1.29, 1.82) is 0 Å². The van der Waals surface area contributed by atoms with Crippen molar-refractivity contribution >= 4 is 22.6 Å². The van der Waals surface area contributed by atoms with E-state index in [1.807, 2.05) is 67.6 Å². The van der Waals surface area contributed by atoms with Crippen LogP contribution in [-0.4, -0.2) is 25.1 Å². The van der Waals surface area contributed by atoms with Gasteiger partial charge in [-0.3, -0.25) is 4.79 Å². The molecule has 0 saturated heterocycles. The molecule has 1 N–H and O–H groups in total. The van der Waals surface area contributed by atoms with Crippen LogP contribution in [0.1, 0.15) is 11.1 Å². The number of benzene rings is 3. The van der Waals surface area contributed by atoms with Gasteiger partial charge < -0.3 is 14.8 Å². The molecular weight excluding hydrogens is 342 g/mol. The summed E-state index contributed by atoms with van der Waals surface area (Å²) < 4.78 is 10.4. The number of fused-ring (bicyclic) bond motifs is 1. The Morgan fingerprint density at radius 1 is 0.889 bits per heavy atom. The van der Waals surface area contributed by atoms with E-state index < -0.39 is 5.97 Å². The van der Waals surface area contributed by atoms with Crippen LogP contribution in [0.15, 0.2) is 66.7 Å². The third kappa shape index (κ3) is 5.57. The van der Waals surface area contributed by atoms with Crippen molar-refractivity contribution in [2.75, 3.05) is 13.2 Å². The van der Waals surface area contributed by atoms with Crippen molar-refractivity contribution in [3.8, 4) is 5.75 Å². The number of rotatable bonds is 7. The van der Waals surface area contributed by atoms with Gasteiger partial charge in [0.15, 0.2) is 13.2 Å². The number of esters is 1. The fourth-order valence-corrected chi connectivity index (χ4v) is 2.54. The molecule has 1 amide bonds. The highest BCUT2D eigenvalue weighted by atomic mass is 16.6. The second-order valence-electron chi connectivity index (χ2n) is 6.22. The Balaban J connectivity index is 1.39. The fraction of sp³-hybridized carbons (Fsp3) is 0.182. The maximum Gasteiger partial charge on any atom is 0.344 e. The van der Waals surface area contributed by atoms with Crippen LogP contribution in [0.5, 0.6) is 5.75 Å². The topological polar surface area (TPSA) is 64.6 Å². The highest BCUT2D eigenvalue weighted by molar-refractivity contribution is 5.84. The zero-order valence-corrected chi connectivity index (χ0v) is 15.1. The lowest BCUT2D eigenvalue weighted by Gasteiger charge is -2.09. The summed E-state index contributed by atoms with van der Waals surface area (Å²) in [5, 5.41) is 4.83. The smallest absolute Gasteiger partial charge is 0.344 e. The molecule has 0 heterocycles. The summed E-state index contributed by atoms with van der Waals surface area (Å²) in [5.74, 6) is -0.363. The molecule has 0 fully saturated rings. The highest BCUT2D eigenvalue weighted by Gasteiger charge is 2.09. The monoisotopic (exact) mass is 363 g/mol. The maximum atomic E-state index is 11.8. The van der Waals surface area contributed by atoms with Crippen molar-refractivity contribution in [3.63, 3.8) is 0 Å². The van der Waals surface area contributed by atoms with Gasteiger partial charge in [-0.1, -0.05) is 60.2 Å². The number of hydrogen-bond donors (Lipinski definition) is 1. The largest absolute Gasteiger partial charge is 0.482 e. The van der Waals surface area contributed by atoms with Crippen LogP contribution in [0.4, 0.5) is 0 Å². The van der Waals surface area contributed by atoms with E-state index in [1.54, 1.807) is 6.07 Å². The summed E-state index contributed by atoms with van der Waals surface area (Å²) in [6.07, 6.45) is 0. The summed E-state index contributed by atoms with van der Waals surface area (Å²) in [6, 6.07) is 21.3. The van der Waals surface area contributed by atoms with Gasteiger partial charge in [0.2, 0.25) is 0 Å². The molecule has 0 unspecified atom stereocenters. The Hall–Kier alpha value is -3.34. The third-order valence-corrected chi connectivity index (χ3v) is 4.05. The van der Waals surface area contributed by atoms with Crippen molar-refractivity contribution in [2.24, 2.45) is 0 Å². The number of amides is 1. The van der Waals surface area contributed by atoms with Crippen molar-refractivity contribution in [3.05, 3.63) is 77.9 Å². The van der Waals surface area contributed by atoms with Gasteiger partial charge >= 0.3 is 5.97 Å². The normalized spacial score (nSPS) is 10.4. The van der Waals surface area contributed by atoms with Gasteiger partial charge in [-0.2, -0.15) is 0 Å². The average molecular weight is 363 g/mol. The van der Waals surface area contributed by atoms with E-state index in [1.165, 1.54) is 0 Å². The minimum absolute atomic E-state index is 0.246. The molecule has 5 heteroatoms. The van der Waals surface area contributed by atoms with Crippen molar-refractivity contribution < 1.29 is 19.1 Å². The van der Waals surface area contributed by atoms with Crippen LogP contribution < -0.4 is 10.1 Å². The van der Waals surface area contributed by atoms with E-state index in [2.05, 4.69) is 5.32 Å². The lowest BCUT2D eigenvalue weighted by molar-refractivity contribution is -0.150. The van der Waals surface area contributed by atoms with Gasteiger partial charge in [-0.05, 0) is 35.4 Å². The van der Waals surface area contributed by atoms with E-state index in [9.17, 15) is 9.59 Å². The first-order valence-corrected chi connectivity index (χ1v) is 8.69. The SMILES string of the molecule is Cc1ccc(CNC(=O)COC(=O)COc2ccc3ccccc3c2)cc1. The van der Waals surface area contributed by atoms with E-state index in [0.717, 1.165) is 21.9 Å². The van der Waals surface area contributed by atoms with E-state index in [4.69, 9.17) is 9.47 Å². The van der Waals surface area contributed by atoms with Crippen molar-refractivity contribution in [1.82, 2.24) is 5.32 Å². The zero-order valence-electron chi connectivity index (χ0n) is 15.1. The number of aryl methyl sites for hydroxylation is 1. The minimum atomic E-state index is -0.589. The summed E-state index contributed by atoms with van der Waals surface area (Å²) in [6.45, 7) is 1.82. The molecule has 0 aromatic heterocycles. The number of hydrogen-bond acceptors (Lipinski definition) is 4. The van der Waals surface area contributed by atoms with Crippen LogP contribution >= 0.6 is 0 Å². The summed E-state index contributed by atoms with van der Waals surface area (Å²) in [7, 11) is 0. The molecule has 0 atom stereocenters. The molecule has 0 radical (unpaired) electrons. The second-order valence-corrected chi connectivity index (χ2v) is 6.22. The van der Waals surface area contributed by atoms with E-state index in [0.29, 0.717) is 12.3 Å². The number of nitrogens with one attached hydrogen (secondary N) is 1. The van der Waals surface area contributed by atoms with Gasteiger partial charge in [-0.25, -0.2) is 4.79 Å². The fourth-order valence-electron chi connectivity index (χ4n) is 2.54. The zero-order chi connectivity index (χ0) is 19.1. The third-order valence-electron chi connectivity index (χ3n) is 4.05. The summed E-state index contributed by atoms with van der Waals surface area (Å²) in [4.78, 5) is 23.5. The summed E-state index contributed by atoms with van der Waals surface area (Å²) >= 11 is 0. The van der Waals surface area contributed by atoms with Gasteiger partial charge in [0.1, 0.15) is 5.75 Å². The van der Waals surface area contributed by atoms with Crippen LogP contribution in [0.25, 0.3) is 10.8 Å². The minimum Gasteiger partial charge on any atom is -0.482 e. The molecular formula is C22H21NO4. The van der Waals surface area contributed by atoms with Crippen molar-refractivity contribution in [2.45, 2.75) is 13.5 Å². The molecule has 0 aliphatic rings. The van der Waals surface area contributed by atoms with Crippen LogP contribution in [-0.2, 0) is 20.9 Å². The quantitative estimate of drug-likeness (QED) is 0.654. The van der Waals surface area contributed by atoms with Crippen LogP contribution in [0, 0.1) is 6.92 Å². The predicted octanol–water partition coefficient (Wildman–Crippen LogP) is 3.39. The first kappa shape index (κ1) is 18.5. The molecule has 0 aliphatic heterocycles. The molecule has 3 aromatic rings. The first-order valence-electron chi connectivity index (χ1n) is 8.69. The summed E-state index contributed by atoms with van der Waals surface area (Å²) in [5.41, 5.74) is 2.14. The number of carbonyl (C=O) groups excluding carboxylic acids is 2. The second kappa shape index (κ2) is 8.85. The van der Waals surface area contributed by atoms with Crippen LogP contribution in [0.2, 0.25) is 0 Å². The van der Waals surface area contributed by atoms with Gasteiger partial charge in [0.05, 0.1) is 0 Å². The van der Waals surface area contributed by atoms with E-state index >= 15 is 0 Å². The Morgan fingerprint density at radius 3 is 2.41 bits per heavy atom. The molecule has 0 saturated carbocycles. The molecule has 0 bridgehead atoms. The van der Waals surface area contributed by atoms with E-state index in [-0.39, 0.29) is 19.1 Å². The first-order chi connectivity index (χ1) is 13.1. The Bertz CT molecular complexity index is 934. The molecule has 5 nitrogen and oxygen atoms in total. The highest BCUT2D eigenvalue weighted by Crippen LogP contribution is 2.20.